The Hall–Kier alpha value is -2.62. The molecule has 4 nitrogen and oxygen atoms in total. The highest BCUT2D eigenvalue weighted by Crippen LogP contribution is 2.30. The topological polar surface area (TPSA) is 59.2 Å². The summed E-state index contributed by atoms with van der Waals surface area (Å²) in [6, 6.07) is 13.7. The predicted octanol–water partition coefficient (Wildman–Crippen LogP) is 3.65. The molecule has 2 aromatic carbocycles. The van der Waals surface area contributed by atoms with Crippen LogP contribution in [0.15, 0.2) is 47.0 Å². The average Bonchev–Trinajstić information content (AvgIpc) is 2.93. The van der Waals surface area contributed by atoms with E-state index in [0.717, 1.165) is 11.1 Å². The molecule has 1 N–H and O–H groups in total. The molecule has 0 aliphatic carbocycles. The third kappa shape index (κ3) is 2.79. The third-order valence-electron chi connectivity index (χ3n) is 3.42. The Morgan fingerprint density at radius 3 is 2.57 bits per heavy atom. The minimum atomic E-state index is 0.183. The number of aromatic hydroxyl groups is 1. The van der Waals surface area contributed by atoms with Crippen molar-refractivity contribution in [3.8, 4) is 17.2 Å². The van der Waals surface area contributed by atoms with Gasteiger partial charge in [0.05, 0.1) is 5.56 Å². The largest absolute Gasteiger partial charge is 0.507 e. The van der Waals surface area contributed by atoms with Crippen molar-refractivity contribution in [2.45, 2.75) is 20.3 Å². The van der Waals surface area contributed by atoms with Crippen molar-refractivity contribution >= 4 is 0 Å². The van der Waals surface area contributed by atoms with Crippen LogP contribution < -0.4 is 0 Å². The Morgan fingerprint density at radius 1 is 1.05 bits per heavy atom. The highest BCUT2D eigenvalue weighted by molar-refractivity contribution is 5.64. The number of phenols is 1. The van der Waals surface area contributed by atoms with Crippen molar-refractivity contribution in [2.75, 3.05) is 0 Å². The molecule has 0 aliphatic heterocycles. The van der Waals surface area contributed by atoms with Gasteiger partial charge in [0, 0.05) is 6.42 Å². The zero-order valence-electron chi connectivity index (χ0n) is 12.0. The molecule has 0 bridgehead atoms. The van der Waals surface area contributed by atoms with E-state index in [1.807, 2.05) is 19.1 Å². The van der Waals surface area contributed by atoms with Gasteiger partial charge in [-0.3, -0.25) is 0 Å². The Bertz CT molecular complexity index is 761. The second-order valence-corrected chi connectivity index (χ2v) is 5.15. The standard InChI is InChI=1S/C17H16N2O2/c1-11-6-8-13(9-7-11)10-15-18-17(21-19-15)14-5-3-4-12(2)16(14)20/h3-9,20H,10H2,1-2H3. The van der Waals surface area contributed by atoms with E-state index in [1.54, 1.807) is 6.07 Å². The Balaban J connectivity index is 1.86. The van der Waals surface area contributed by atoms with Crippen LogP contribution in [0.2, 0.25) is 0 Å². The van der Waals surface area contributed by atoms with Crippen LogP contribution in [0.3, 0.4) is 0 Å². The van der Waals surface area contributed by atoms with Crippen molar-refractivity contribution in [3.63, 3.8) is 0 Å². The summed E-state index contributed by atoms with van der Waals surface area (Å²) in [4.78, 5) is 4.36. The first kappa shape index (κ1) is 13.4. The van der Waals surface area contributed by atoms with Gasteiger partial charge < -0.3 is 9.63 Å². The molecule has 0 fully saturated rings. The number of nitrogens with zero attached hydrogens (tertiary/aromatic N) is 2. The maximum absolute atomic E-state index is 10.1. The summed E-state index contributed by atoms with van der Waals surface area (Å²) in [7, 11) is 0. The highest BCUT2D eigenvalue weighted by atomic mass is 16.5. The summed E-state index contributed by atoms with van der Waals surface area (Å²) < 4.78 is 5.26. The van der Waals surface area contributed by atoms with Gasteiger partial charge >= 0.3 is 0 Å². The zero-order valence-corrected chi connectivity index (χ0v) is 12.0. The van der Waals surface area contributed by atoms with Gasteiger partial charge in [0.2, 0.25) is 0 Å². The normalized spacial score (nSPS) is 10.8. The lowest BCUT2D eigenvalue weighted by Gasteiger charge is -2.01. The molecular weight excluding hydrogens is 264 g/mol. The number of aromatic nitrogens is 2. The summed E-state index contributed by atoms with van der Waals surface area (Å²) in [5.74, 6) is 1.14. The predicted molar refractivity (Wildman–Crippen MR) is 80.1 cm³/mol. The summed E-state index contributed by atoms with van der Waals surface area (Å²) in [6.07, 6.45) is 0.607. The summed E-state index contributed by atoms with van der Waals surface area (Å²) in [6.45, 7) is 3.89. The number of aryl methyl sites for hydroxylation is 2. The molecule has 0 spiro atoms. The lowest BCUT2D eigenvalue weighted by atomic mass is 10.1. The maximum atomic E-state index is 10.1. The van der Waals surface area contributed by atoms with Crippen molar-refractivity contribution in [1.82, 2.24) is 10.1 Å². The van der Waals surface area contributed by atoms with E-state index in [2.05, 4.69) is 41.3 Å². The van der Waals surface area contributed by atoms with Crippen LogP contribution in [0.5, 0.6) is 5.75 Å². The zero-order chi connectivity index (χ0) is 14.8. The molecule has 0 aliphatic rings. The fourth-order valence-electron chi connectivity index (χ4n) is 2.16. The first-order valence-electron chi connectivity index (χ1n) is 6.80. The Kier molecular flexibility index (Phi) is 3.44. The summed E-state index contributed by atoms with van der Waals surface area (Å²) in [5.41, 5.74) is 3.70. The van der Waals surface area contributed by atoms with E-state index in [0.29, 0.717) is 23.7 Å². The smallest absolute Gasteiger partial charge is 0.261 e. The fraction of sp³-hybridized carbons (Fsp3) is 0.176. The number of benzene rings is 2. The van der Waals surface area contributed by atoms with Gasteiger partial charge in [-0.05, 0) is 31.0 Å². The van der Waals surface area contributed by atoms with E-state index in [1.165, 1.54) is 5.56 Å². The molecular formula is C17H16N2O2. The number of phenolic OH excluding ortho intramolecular Hbond substituents is 1. The summed E-state index contributed by atoms with van der Waals surface area (Å²) in [5, 5.41) is 14.0. The molecule has 0 saturated heterocycles. The minimum Gasteiger partial charge on any atom is -0.507 e. The Morgan fingerprint density at radius 2 is 1.81 bits per heavy atom. The van der Waals surface area contributed by atoms with Crippen LogP contribution in [-0.2, 0) is 6.42 Å². The van der Waals surface area contributed by atoms with E-state index >= 15 is 0 Å². The van der Waals surface area contributed by atoms with E-state index in [4.69, 9.17) is 4.52 Å². The van der Waals surface area contributed by atoms with Gasteiger partial charge in [-0.15, -0.1) is 0 Å². The molecule has 0 unspecified atom stereocenters. The van der Waals surface area contributed by atoms with Gasteiger partial charge in [0.25, 0.3) is 5.89 Å². The molecule has 0 amide bonds. The van der Waals surface area contributed by atoms with E-state index in [9.17, 15) is 5.11 Å². The van der Waals surface area contributed by atoms with Crippen LogP contribution >= 0.6 is 0 Å². The lowest BCUT2D eigenvalue weighted by molar-refractivity contribution is 0.418. The second kappa shape index (κ2) is 5.40. The minimum absolute atomic E-state index is 0.183. The molecule has 1 heterocycles. The Labute approximate surface area is 123 Å². The van der Waals surface area contributed by atoms with Gasteiger partial charge in [-0.2, -0.15) is 4.98 Å². The van der Waals surface area contributed by atoms with Crippen molar-refractivity contribution in [3.05, 3.63) is 65.0 Å². The molecule has 0 saturated carbocycles. The van der Waals surface area contributed by atoms with Crippen LogP contribution in [0.4, 0.5) is 0 Å². The van der Waals surface area contributed by atoms with Crippen LogP contribution in [0.1, 0.15) is 22.5 Å². The second-order valence-electron chi connectivity index (χ2n) is 5.15. The fourth-order valence-corrected chi connectivity index (χ4v) is 2.16. The number of hydrogen-bond acceptors (Lipinski definition) is 4. The van der Waals surface area contributed by atoms with Crippen LogP contribution in [0.25, 0.3) is 11.5 Å². The summed E-state index contributed by atoms with van der Waals surface area (Å²) >= 11 is 0. The maximum Gasteiger partial charge on any atom is 0.261 e. The van der Waals surface area contributed by atoms with Crippen molar-refractivity contribution in [1.29, 1.82) is 0 Å². The lowest BCUT2D eigenvalue weighted by Crippen LogP contribution is -1.91. The SMILES string of the molecule is Cc1ccc(Cc2noc(-c3cccc(C)c3O)n2)cc1. The molecule has 0 atom stereocenters. The third-order valence-corrected chi connectivity index (χ3v) is 3.42. The van der Waals surface area contributed by atoms with Crippen LogP contribution in [0, 0.1) is 13.8 Å². The van der Waals surface area contributed by atoms with Gasteiger partial charge in [0.1, 0.15) is 5.75 Å². The van der Waals surface area contributed by atoms with Gasteiger partial charge in [0.15, 0.2) is 5.82 Å². The quantitative estimate of drug-likeness (QED) is 0.795. The molecule has 0 radical (unpaired) electrons. The van der Waals surface area contributed by atoms with Crippen LogP contribution in [-0.4, -0.2) is 15.2 Å². The number of rotatable bonds is 3. The van der Waals surface area contributed by atoms with Crippen molar-refractivity contribution in [2.24, 2.45) is 0 Å². The molecule has 1 aromatic heterocycles. The first-order valence-corrected chi connectivity index (χ1v) is 6.80. The monoisotopic (exact) mass is 280 g/mol. The number of hydrogen-bond donors (Lipinski definition) is 1. The average molecular weight is 280 g/mol. The van der Waals surface area contributed by atoms with E-state index < -0.39 is 0 Å². The molecule has 4 heteroatoms. The molecule has 21 heavy (non-hydrogen) atoms. The van der Waals surface area contributed by atoms with Gasteiger partial charge in [-0.25, -0.2) is 0 Å². The van der Waals surface area contributed by atoms with Crippen molar-refractivity contribution < 1.29 is 9.63 Å². The highest BCUT2D eigenvalue weighted by Gasteiger charge is 2.14. The molecule has 3 rings (SSSR count). The van der Waals surface area contributed by atoms with Gasteiger partial charge in [-0.1, -0.05) is 47.1 Å². The number of para-hydroxylation sites is 1. The molecule has 106 valence electrons. The van der Waals surface area contributed by atoms with E-state index in [-0.39, 0.29) is 5.75 Å². The first-order chi connectivity index (χ1) is 10.1. The molecule has 3 aromatic rings.